The van der Waals surface area contributed by atoms with Crippen molar-refractivity contribution in [2.45, 2.75) is 12.5 Å². The molecule has 0 fully saturated rings. The molecule has 1 rings (SSSR count). The van der Waals surface area contributed by atoms with E-state index in [1.807, 2.05) is 0 Å². The van der Waals surface area contributed by atoms with Crippen LogP contribution in [0, 0.1) is 11.6 Å². The number of carbonyl (C=O) groups is 1. The zero-order valence-corrected chi connectivity index (χ0v) is 8.96. The monoisotopic (exact) mass is 280 g/mol. The van der Waals surface area contributed by atoms with Crippen molar-refractivity contribution in [2.75, 3.05) is 0 Å². The molecule has 1 aromatic carbocycles. The SMILES string of the molecule is O=C(O)C(O)Cc1c(Br)ccc(F)c1F. The summed E-state index contributed by atoms with van der Waals surface area (Å²) in [6.45, 7) is 0. The van der Waals surface area contributed by atoms with Gasteiger partial charge in [-0.2, -0.15) is 0 Å². The molecule has 0 aliphatic carbocycles. The first-order valence-electron chi connectivity index (χ1n) is 3.96. The number of carboxylic acids is 1. The molecule has 0 amide bonds. The van der Waals surface area contributed by atoms with E-state index in [2.05, 4.69) is 15.9 Å². The van der Waals surface area contributed by atoms with E-state index in [0.29, 0.717) is 0 Å². The van der Waals surface area contributed by atoms with Crippen molar-refractivity contribution >= 4 is 21.9 Å². The van der Waals surface area contributed by atoms with Crippen molar-refractivity contribution in [2.24, 2.45) is 0 Å². The molecule has 0 saturated carbocycles. The fourth-order valence-electron chi connectivity index (χ4n) is 1.04. The lowest BCUT2D eigenvalue weighted by Crippen LogP contribution is -2.23. The van der Waals surface area contributed by atoms with Crippen molar-refractivity contribution in [3.63, 3.8) is 0 Å². The van der Waals surface area contributed by atoms with Crippen LogP contribution < -0.4 is 0 Å². The van der Waals surface area contributed by atoms with Crippen LogP contribution in [0.3, 0.4) is 0 Å². The third-order valence-corrected chi connectivity index (χ3v) is 2.56. The molecule has 0 aliphatic heterocycles. The zero-order valence-electron chi connectivity index (χ0n) is 7.38. The molecule has 6 heteroatoms. The maximum absolute atomic E-state index is 13.2. The minimum Gasteiger partial charge on any atom is -0.479 e. The number of aliphatic carboxylic acids is 1. The highest BCUT2D eigenvalue weighted by atomic mass is 79.9. The number of aliphatic hydroxyl groups is 1. The first-order chi connectivity index (χ1) is 6.93. The third kappa shape index (κ3) is 2.73. The Balaban J connectivity index is 3.03. The number of hydrogen-bond acceptors (Lipinski definition) is 2. The first kappa shape index (κ1) is 12.1. The van der Waals surface area contributed by atoms with Crippen molar-refractivity contribution in [1.82, 2.24) is 0 Å². The molecule has 0 saturated heterocycles. The average Bonchev–Trinajstić information content (AvgIpc) is 2.18. The predicted octanol–water partition coefficient (Wildman–Crippen LogP) is 1.72. The van der Waals surface area contributed by atoms with E-state index in [1.54, 1.807) is 0 Å². The van der Waals surface area contributed by atoms with Gasteiger partial charge in [0.25, 0.3) is 0 Å². The molecule has 15 heavy (non-hydrogen) atoms. The van der Waals surface area contributed by atoms with Gasteiger partial charge in [0.1, 0.15) is 0 Å². The second kappa shape index (κ2) is 4.67. The van der Waals surface area contributed by atoms with Crippen LogP contribution in [-0.4, -0.2) is 22.3 Å². The molecular formula is C9H7BrF2O3. The van der Waals surface area contributed by atoms with Gasteiger partial charge in [0, 0.05) is 16.5 Å². The fraction of sp³-hybridized carbons (Fsp3) is 0.222. The second-order valence-corrected chi connectivity index (χ2v) is 3.73. The molecule has 0 radical (unpaired) electrons. The maximum Gasteiger partial charge on any atom is 0.332 e. The number of carboxylic acid groups (broad SMARTS) is 1. The van der Waals surface area contributed by atoms with Crippen LogP contribution in [-0.2, 0) is 11.2 Å². The molecule has 0 bridgehead atoms. The van der Waals surface area contributed by atoms with E-state index < -0.39 is 30.1 Å². The van der Waals surface area contributed by atoms with Gasteiger partial charge >= 0.3 is 5.97 Å². The van der Waals surface area contributed by atoms with Gasteiger partial charge in [-0.25, -0.2) is 13.6 Å². The van der Waals surface area contributed by atoms with E-state index in [4.69, 9.17) is 10.2 Å². The molecule has 2 N–H and O–H groups in total. The second-order valence-electron chi connectivity index (χ2n) is 2.88. The Morgan fingerprint density at radius 1 is 1.47 bits per heavy atom. The van der Waals surface area contributed by atoms with Crippen molar-refractivity contribution in [1.29, 1.82) is 0 Å². The lowest BCUT2D eigenvalue weighted by Gasteiger charge is -2.09. The standard InChI is InChI=1S/C9H7BrF2O3/c10-5-1-2-6(11)8(12)4(5)3-7(13)9(14)15/h1-2,7,13H,3H2,(H,14,15). The van der Waals surface area contributed by atoms with Crippen LogP contribution in [0.25, 0.3) is 0 Å². The number of benzene rings is 1. The van der Waals surface area contributed by atoms with Gasteiger partial charge in [-0.1, -0.05) is 15.9 Å². The fourth-order valence-corrected chi connectivity index (χ4v) is 1.50. The van der Waals surface area contributed by atoms with Crippen LogP contribution in [0.15, 0.2) is 16.6 Å². The molecular weight excluding hydrogens is 274 g/mol. The minimum atomic E-state index is -1.75. The molecule has 0 spiro atoms. The summed E-state index contributed by atoms with van der Waals surface area (Å²) in [6.07, 6.45) is -2.24. The van der Waals surface area contributed by atoms with Gasteiger partial charge in [0.05, 0.1) is 0 Å². The highest BCUT2D eigenvalue weighted by Crippen LogP contribution is 2.23. The van der Waals surface area contributed by atoms with E-state index in [-0.39, 0.29) is 10.0 Å². The zero-order chi connectivity index (χ0) is 11.6. The molecule has 3 nitrogen and oxygen atoms in total. The lowest BCUT2D eigenvalue weighted by atomic mass is 10.1. The summed E-state index contributed by atoms with van der Waals surface area (Å²) >= 11 is 2.95. The smallest absolute Gasteiger partial charge is 0.332 e. The Hall–Kier alpha value is -1.01. The van der Waals surface area contributed by atoms with Gasteiger partial charge in [0.15, 0.2) is 17.7 Å². The van der Waals surface area contributed by atoms with E-state index in [0.717, 1.165) is 6.07 Å². The molecule has 1 unspecified atom stereocenters. The normalized spacial score (nSPS) is 12.5. The van der Waals surface area contributed by atoms with Crippen molar-refractivity contribution < 1.29 is 23.8 Å². The van der Waals surface area contributed by atoms with E-state index in [9.17, 15) is 13.6 Å². The molecule has 0 aromatic heterocycles. The highest BCUT2D eigenvalue weighted by Gasteiger charge is 2.20. The van der Waals surface area contributed by atoms with Gasteiger partial charge < -0.3 is 10.2 Å². The Bertz CT molecular complexity index is 395. The van der Waals surface area contributed by atoms with Gasteiger partial charge in [-0.3, -0.25) is 0 Å². The van der Waals surface area contributed by atoms with Gasteiger partial charge in [-0.05, 0) is 12.1 Å². The maximum atomic E-state index is 13.2. The molecule has 0 aliphatic rings. The Morgan fingerprint density at radius 2 is 2.07 bits per heavy atom. The minimum absolute atomic E-state index is 0.190. The van der Waals surface area contributed by atoms with Crippen molar-refractivity contribution in [3.8, 4) is 0 Å². The largest absolute Gasteiger partial charge is 0.479 e. The lowest BCUT2D eigenvalue weighted by molar-refractivity contribution is -0.146. The van der Waals surface area contributed by atoms with Crippen LogP contribution in [0.1, 0.15) is 5.56 Å². The molecule has 0 heterocycles. The molecule has 82 valence electrons. The number of hydrogen-bond donors (Lipinski definition) is 2. The quantitative estimate of drug-likeness (QED) is 0.829. The van der Waals surface area contributed by atoms with Crippen molar-refractivity contribution in [3.05, 3.63) is 33.8 Å². The van der Waals surface area contributed by atoms with Gasteiger partial charge in [-0.15, -0.1) is 0 Å². The van der Waals surface area contributed by atoms with Crippen LogP contribution in [0.5, 0.6) is 0 Å². The molecule has 1 aromatic rings. The Morgan fingerprint density at radius 3 is 2.60 bits per heavy atom. The van der Waals surface area contributed by atoms with Crippen LogP contribution in [0.2, 0.25) is 0 Å². The van der Waals surface area contributed by atoms with E-state index >= 15 is 0 Å². The summed E-state index contributed by atoms with van der Waals surface area (Å²) in [6, 6.07) is 2.17. The Kier molecular flexibility index (Phi) is 3.76. The summed E-state index contributed by atoms with van der Waals surface area (Å²) in [5, 5.41) is 17.4. The average molecular weight is 281 g/mol. The summed E-state index contributed by atoms with van der Waals surface area (Å²) < 4.78 is 26.2. The number of aliphatic hydroxyl groups excluding tert-OH is 1. The predicted molar refractivity (Wildman–Crippen MR) is 51.4 cm³/mol. The summed E-state index contributed by atoms with van der Waals surface area (Å²) in [5.41, 5.74) is -0.190. The third-order valence-electron chi connectivity index (χ3n) is 1.82. The summed E-state index contributed by atoms with van der Waals surface area (Å²) in [7, 11) is 0. The summed E-state index contributed by atoms with van der Waals surface area (Å²) in [4.78, 5) is 10.3. The first-order valence-corrected chi connectivity index (χ1v) is 4.76. The van der Waals surface area contributed by atoms with Gasteiger partial charge in [0.2, 0.25) is 0 Å². The Labute approximate surface area is 92.5 Å². The topological polar surface area (TPSA) is 57.5 Å². The molecule has 1 atom stereocenters. The number of halogens is 3. The van der Waals surface area contributed by atoms with E-state index in [1.165, 1.54) is 6.07 Å². The summed E-state index contributed by atoms with van der Waals surface area (Å²) in [5.74, 6) is -3.71. The number of rotatable bonds is 3. The highest BCUT2D eigenvalue weighted by molar-refractivity contribution is 9.10. The van der Waals surface area contributed by atoms with Crippen LogP contribution >= 0.6 is 15.9 Å². The van der Waals surface area contributed by atoms with Crippen LogP contribution in [0.4, 0.5) is 8.78 Å².